The highest BCUT2D eigenvalue weighted by molar-refractivity contribution is 7.89. The molecule has 0 spiro atoms. The summed E-state index contributed by atoms with van der Waals surface area (Å²) in [6, 6.07) is 8.72. The number of benzene rings is 1. The number of ether oxygens (including phenoxy) is 1. The molecule has 2 fully saturated rings. The van der Waals surface area contributed by atoms with Gasteiger partial charge in [0.25, 0.3) is 5.91 Å². The molecule has 0 N–H and O–H groups in total. The molecule has 1 amide bonds. The van der Waals surface area contributed by atoms with Crippen LogP contribution in [0.5, 0.6) is 5.75 Å². The van der Waals surface area contributed by atoms with Crippen LogP contribution in [0.3, 0.4) is 0 Å². The first-order valence-electron chi connectivity index (χ1n) is 10.9. The fourth-order valence-electron chi connectivity index (χ4n) is 4.04. The van der Waals surface area contributed by atoms with Crippen LogP contribution in [0.25, 0.3) is 0 Å². The quantitative estimate of drug-likeness (QED) is 0.655. The molecule has 1 saturated carbocycles. The number of hydrogen-bond acceptors (Lipinski definition) is 5. The van der Waals surface area contributed by atoms with E-state index in [1.54, 1.807) is 24.5 Å². The van der Waals surface area contributed by atoms with Gasteiger partial charge in [0, 0.05) is 43.6 Å². The van der Waals surface area contributed by atoms with Crippen molar-refractivity contribution in [3.8, 4) is 5.75 Å². The van der Waals surface area contributed by atoms with E-state index in [-0.39, 0.29) is 22.6 Å². The van der Waals surface area contributed by atoms with Gasteiger partial charge in [0.05, 0.1) is 7.11 Å². The van der Waals surface area contributed by atoms with E-state index >= 15 is 0 Å². The van der Waals surface area contributed by atoms with Gasteiger partial charge in [-0.25, -0.2) is 8.42 Å². The maximum atomic E-state index is 13.4. The van der Waals surface area contributed by atoms with Crippen LogP contribution in [0, 0.1) is 0 Å². The maximum Gasteiger partial charge on any atom is 0.254 e. The molecule has 31 heavy (non-hydrogen) atoms. The fraction of sp³-hybridized carbons (Fsp3) is 0.478. The van der Waals surface area contributed by atoms with Gasteiger partial charge in [0.2, 0.25) is 10.0 Å². The third kappa shape index (κ3) is 4.91. The van der Waals surface area contributed by atoms with Crippen molar-refractivity contribution in [2.45, 2.75) is 56.0 Å². The Hall–Kier alpha value is -2.45. The van der Waals surface area contributed by atoms with Crippen molar-refractivity contribution in [1.29, 1.82) is 0 Å². The van der Waals surface area contributed by atoms with Crippen LogP contribution >= 0.6 is 0 Å². The molecule has 1 aliphatic heterocycles. The summed E-state index contributed by atoms with van der Waals surface area (Å²) in [5.74, 6) is 0.113. The zero-order valence-electron chi connectivity index (χ0n) is 17.9. The Labute approximate surface area is 184 Å². The Kier molecular flexibility index (Phi) is 6.57. The lowest BCUT2D eigenvalue weighted by atomic mass is 10.1. The lowest BCUT2D eigenvalue weighted by molar-refractivity contribution is 0.0729. The largest absolute Gasteiger partial charge is 0.495 e. The minimum absolute atomic E-state index is 0.0717. The monoisotopic (exact) mass is 443 g/mol. The van der Waals surface area contributed by atoms with E-state index in [1.807, 2.05) is 17.0 Å². The third-order valence-corrected chi connectivity index (χ3v) is 7.86. The molecule has 1 aliphatic carbocycles. The second-order valence-electron chi connectivity index (χ2n) is 8.20. The standard InChI is InChI=1S/C23H29N3O4S/c1-30-21-9-6-19(16-22(21)31(28,29)25-14-4-2-3-5-15-25)23(27)26(20-7-8-20)17-18-10-12-24-13-11-18/h6,9-13,16,20H,2-5,7-8,14-15,17H2,1H3. The van der Waals surface area contributed by atoms with Crippen LogP contribution in [0.4, 0.5) is 0 Å². The van der Waals surface area contributed by atoms with Gasteiger partial charge in [-0.05, 0) is 61.6 Å². The first kappa shape index (κ1) is 21.8. The maximum absolute atomic E-state index is 13.4. The average molecular weight is 444 g/mol. The number of carbonyl (C=O) groups is 1. The Morgan fingerprint density at radius 1 is 1.10 bits per heavy atom. The van der Waals surface area contributed by atoms with Crippen molar-refractivity contribution in [3.05, 3.63) is 53.9 Å². The summed E-state index contributed by atoms with van der Waals surface area (Å²) in [6.07, 6.45) is 9.12. The Balaban J connectivity index is 1.65. The van der Waals surface area contributed by atoms with Crippen molar-refractivity contribution in [3.63, 3.8) is 0 Å². The SMILES string of the molecule is COc1ccc(C(=O)N(Cc2ccncc2)C2CC2)cc1S(=O)(=O)N1CCCCCC1. The summed E-state index contributed by atoms with van der Waals surface area (Å²) in [4.78, 5) is 19.3. The second-order valence-corrected chi connectivity index (χ2v) is 10.1. The Morgan fingerprint density at radius 3 is 2.39 bits per heavy atom. The minimum Gasteiger partial charge on any atom is -0.495 e. The molecule has 2 aromatic rings. The van der Waals surface area contributed by atoms with Crippen LogP contribution in [0.1, 0.15) is 54.4 Å². The van der Waals surface area contributed by atoms with Crippen molar-refractivity contribution in [1.82, 2.24) is 14.2 Å². The Bertz CT molecular complexity index is 1010. The van der Waals surface area contributed by atoms with Crippen molar-refractivity contribution in [2.24, 2.45) is 0 Å². The summed E-state index contributed by atoms with van der Waals surface area (Å²) < 4.78 is 33.7. The van der Waals surface area contributed by atoms with E-state index < -0.39 is 10.0 Å². The molecule has 1 saturated heterocycles. The van der Waals surface area contributed by atoms with Gasteiger partial charge in [-0.2, -0.15) is 4.31 Å². The molecule has 4 rings (SSSR count). The highest BCUT2D eigenvalue weighted by atomic mass is 32.2. The van der Waals surface area contributed by atoms with E-state index in [4.69, 9.17) is 4.74 Å². The molecular weight excluding hydrogens is 414 g/mol. The summed E-state index contributed by atoms with van der Waals surface area (Å²) in [6.45, 7) is 1.48. The highest BCUT2D eigenvalue weighted by Crippen LogP contribution is 2.33. The predicted molar refractivity (Wildman–Crippen MR) is 117 cm³/mol. The van der Waals surface area contributed by atoms with E-state index in [0.717, 1.165) is 44.1 Å². The topological polar surface area (TPSA) is 79.8 Å². The predicted octanol–water partition coefficient (Wildman–Crippen LogP) is 3.46. The Morgan fingerprint density at radius 2 is 1.77 bits per heavy atom. The first-order chi connectivity index (χ1) is 15.0. The van der Waals surface area contributed by atoms with Crippen LogP contribution in [-0.2, 0) is 16.6 Å². The van der Waals surface area contributed by atoms with E-state index in [0.29, 0.717) is 25.2 Å². The number of nitrogens with zero attached hydrogens (tertiary/aromatic N) is 3. The van der Waals surface area contributed by atoms with Crippen LogP contribution in [0.2, 0.25) is 0 Å². The van der Waals surface area contributed by atoms with E-state index in [1.165, 1.54) is 17.5 Å². The molecule has 2 aliphatic rings. The summed E-state index contributed by atoms with van der Waals surface area (Å²) in [5, 5.41) is 0. The van der Waals surface area contributed by atoms with E-state index in [2.05, 4.69) is 4.98 Å². The van der Waals surface area contributed by atoms with Crippen LogP contribution in [0.15, 0.2) is 47.6 Å². The third-order valence-electron chi connectivity index (χ3n) is 5.94. The second kappa shape index (κ2) is 9.36. The van der Waals surface area contributed by atoms with Gasteiger partial charge in [0.15, 0.2) is 0 Å². The molecule has 8 heteroatoms. The fourth-order valence-corrected chi connectivity index (χ4v) is 5.73. The molecular formula is C23H29N3O4S. The molecule has 0 bridgehead atoms. The molecule has 1 aromatic heterocycles. The van der Waals surface area contributed by atoms with Gasteiger partial charge < -0.3 is 9.64 Å². The van der Waals surface area contributed by atoms with Crippen molar-refractivity contribution in [2.75, 3.05) is 20.2 Å². The smallest absolute Gasteiger partial charge is 0.254 e. The lowest BCUT2D eigenvalue weighted by Crippen LogP contribution is -2.34. The van der Waals surface area contributed by atoms with Crippen LogP contribution in [-0.4, -0.2) is 54.8 Å². The number of hydrogen-bond donors (Lipinski definition) is 0. The number of methoxy groups -OCH3 is 1. The molecule has 7 nitrogen and oxygen atoms in total. The average Bonchev–Trinajstić information content (AvgIpc) is 3.64. The zero-order valence-corrected chi connectivity index (χ0v) is 18.7. The number of pyridine rings is 1. The number of carbonyl (C=O) groups excluding carboxylic acids is 1. The van der Waals surface area contributed by atoms with Crippen molar-refractivity contribution < 1.29 is 17.9 Å². The zero-order chi connectivity index (χ0) is 21.8. The number of aromatic nitrogens is 1. The van der Waals surface area contributed by atoms with Gasteiger partial charge in [-0.1, -0.05) is 12.8 Å². The molecule has 166 valence electrons. The number of rotatable bonds is 7. The molecule has 0 atom stereocenters. The summed E-state index contributed by atoms with van der Waals surface area (Å²) in [5.41, 5.74) is 1.37. The molecule has 2 heterocycles. The highest BCUT2D eigenvalue weighted by Gasteiger charge is 2.35. The van der Waals surface area contributed by atoms with Crippen molar-refractivity contribution >= 4 is 15.9 Å². The lowest BCUT2D eigenvalue weighted by Gasteiger charge is -2.24. The van der Waals surface area contributed by atoms with Gasteiger partial charge in [-0.15, -0.1) is 0 Å². The van der Waals surface area contributed by atoms with Gasteiger partial charge >= 0.3 is 0 Å². The minimum atomic E-state index is -3.74. The van der Waals surface area contributed by atoms with Gasteiger partial charge in [-0.3, -0.25) is 9.78 Å². The summed E-state index contributed by atoms with van der Waals surface area (Å²) in [7, 11) is -2.29. The molecule has 0 radical (unpaired) electrons. The number of amides is 1. The van der Waals surface area contributed by atoms with Gasteiger partial charge in [0.1, 0.15) is 10.6 Å². The molecule has 0 unspecified atom stereocenters. The normalized spacial score (nSPS) is 17.7. The summed E-state index contributed by atoms with van der Waals surface area (Å²) >= 11 is 0. The molecule has 1 aromatic carbocycles. The number of sulfonamides is 1. The first-order valence-corrected chi connectivity index (χ1v) is 12.3. The van der Waals surface area contributed by atoms with E-state index in [9.17, 15) is 13.2 Å². The van der Waals surface area contributed by atoms with Crippen LogP contribution < -0.4 is 4.74 Å².